The van der Waals surface area contributed by atoms with Gasteiger partial charge in [-0.05, 0) is 43.1 Å². The molecule has 8 nitrogen and oxygen atoms in total. The van der Waals surface area contributed by atoms with Gasteiger partial charge in [-0.2, -0.15) is 10.1 Å². The van der Waals surface area contributed by atoms with Gasteiger partial charge >= 0.3 is 0 Å². The highest BCUT2D eigenvalue weighted by atomic mass is 79.9. The molecule has 2 aromatic rings. The third-order valence-corrected chi connectivity index (χ3v) is 4.91. The van der Waals surface area contributed by atoms with Gasteiger partial charge < -0.3 is 16.4 Å². The molecule has 3 rings (SSSR count). The largest absolute Gasteiger partial charge is 0.369 e. The lowest BCUT2D eigenvalue weighted by Crippen LogP contribution is -2.24. The Balaban J connectivity index is 1.80. The number of anilines is 3. The Kier molecular flexibility index (Phi) is 4.20. The monoisotopic (exact) mass is 393 g/mol. The van der Waals surface area contributed by atoms with Crippen LogP contribution in [0.5, 0.6) is 0 Å². The molecule has 4 N–H and O–H groups in total. The number of amides is 1. The van der Waals surface area contributed by atoms with E-state index in [0.29, 0.717) is 12.4 Å². The summed E-state index contributed by atoms with van der Waals surface area (Å²) in [5, 5.41) is 10.8. The van der Waals surface area contributed by atoms with Gasteiger partial charge in [-0.3, -0.25) is 9.48 Å². The molecule has 0 bridgehead atoms. The molecule has 9 heteroatoms. The molecule has 1 amide bonds. The van der Waals surface area contributed by atoms with E-state index in [0.717, 1.165) is 28.2 Å². The van der Waals surface area contributed by atoms with E-state index in [1.54, 1.807) is 10.9 Å². The van der Waals surface area contributed by atoms with E-state index in [2.05, 4.69) is 41.6 Å². The van der Waals surface area contributed by atoms with Crippen molar-refractivity contribution in [3.63, 3.8) is 0 Å². The molecular weight excluding hydrogens is 374 g/mol. The maximum Gasteiger partial charge on any atom is 0.229 e. The lowest BCUT2D eigenvalue weighted by molar-refractivity contribution is -0.122. The van der Waals surface area contributed by atoms with Crippen molar-refractivity contribution in [2.24, 2.45) is 11.1 Å². The lowest BCUT2D eigenvalue weighted by Gasteiger charge is -2.08. The van der Waals surface area contributed by atoms with Crippen molar-refractivity contribution >= 4 is 39.3 Å². The summed E-state index contributed by atoms with van der Waals surface area (Å²) in [5.74, 6) is 0.912. The minimum absolute atomic E-state index is 0.00686. The third-order valence-electron chi connectivity index (χ3n) is 4.33. The fourth-order valence-electron chi connectivity index (χ4n) is 2.60. The molecule has 1 aliphatic rings. The van der Waals surface area contributed by atoms with Crippen LogP contribution >= 0.6 is 15.9 Å². The summed E-state index contributed by atoms with van der Waals surface area (Å²) in [4.78, 5) is 20.2. The molecule has 1 aliphatic carbocycles. The fourth-order valence-corrected chi connectivity index (χ4v) is 2.93. The van der Waals surface area contributed by atoms with Crippen molar-refractivity contribution in [1.82, 2.24) is 19.7 Å². The van der Waals surface area contributed by atoms with Crippen molar-refractivity contribution in [3.05, 3.63) is 22.6 Å². The van der Waals surface area contributed by atoms with Gasteiger partial charge in [0.05, 0.1) is 27.3 Å². The van der Waals surface area contributed by atoms with Gasteiger partial charge in [-0.25, -0.2) is 4.98 Å². The first-order valence-electron chi connectivity index (χ1n) is 7.74. The number of hydrogen-bond donors (Lipinski definition) is 3. The molecule has 2 atom stereocenters. The third kappa shape index (κ3) is 2.95. The Morgan fingerprint density at radius 3 is 2.96 bits per heavy atom. The van der Waals surface area contributed by atoms with Gasteiger partial charge in [0.25, 0.3) is 0 Å². The van der Waals surface area contributed by atoms with E-state index in [9.17, 15) is 4.79 Å². The van der Waals surface area contributed by atoms with E-state index in [4.69, 9.17) is 5.73 Å². The molecular formula is C15H20BrN7O. The van der Waals surface area contributed by atoms with Gasteiger partial charge in [0.1, 0.15) is 5.82 Å². The predicted molar refractivity (Wildman–Crippen MR) is 95.1 cm³/mol. The standard InChI is InChI=1S/C15H20BrN7O/c1-4-18-12-9(16)6-19-14(21-12)20-10-7-23(22-8(10)2)11-5-15(11,3)13(17)24/h6-7,11H,4-5H2,1-3H3,(H2,17,24)(H2,18,19,20,21)/t11?,15-/m1/s1. The Morgan fingerprint density at radius 1 is 1.58 bits per heavy atom. The van der Waals surface area contributed by atoms with Gasteiger partial charge in [0.15, 0.2) is 0 Å². The van der Waals surface area contributed by atoms with Crippen LogP contribution in [0.4, 0.5) is 17.5 Å². The average molecular weight is 394 g/mol. The summed E-state index contributed by atoms with van der Waals surface area (Å²) in [7, 11) is 0. The fraction of sp³-hybridized carbons (Fsp3) is 0.467. The Bertz CT molecular complexity index is 790. The number of nitrogens with zero attached hydrogens (tertiary/aromatic N) is 4. The quantitative estimate of drug-likeness (QED) is 0.694. The number of carbonyl (C=O) groups is 1. The summed E-state index contributed by atoms with van der Waals surface area (Å²) in [5.41, 5.74) is 6.56. The van der Waals surface area contributed by atoms with Crippen LogP contribution in [-0.4, -0.2) is 32.2 Å². The first-order valence-corrected chi connectivity index (χ1v) is 8.53. The second-order valence-corrected chi connectivity index (χ2v) is 7.01. The van der Waals surface area contributed by atoms with Crippen molar-refractivity contribution < 1.29 is 4.79 Å². The lowest BCUT2D eigenvalue weighted by atomic mass is 10.1. The first-order chi connectivity index (χ1) is 11.3. The summed E-state index contributed by atoms with van der Waals surface area (Å²) in [6.07, 6.45) is 4.27. The van der Waals surface area contributed by atoms with Crippen LogP contribution in [-0.2, 0) is 4.79 Å². The number of aromatic nitrogens is 4. The molecule has 128 valence electrons. The number of halogens is 1. The molecule has 0 radical (unpaired) electrons. The number of rotatable bonds is 6. The van der Waals surface area contributed by atoms with E-state index in [1.165, 1.54) is 0 Å². The zero-order valence-electron chi connectivity index (χ0n) is 13.8. The van der Waals surface area contributed by atoms with Gasteiger partial charge in [-0.15, -0.1) is 0 Å². The summed E-state index contributed by atoms with van der Waals surface area (Å²) in [6, 6.07) is 0.00686. The minimum atomic E-state index is -0.512. The van der Waals surface area contributed by atoms with E-state index < -0.39 is 5.41 Å². The molecule has 0 spiro atoms. The van der Waals surface area contributed by atoms with Crippen molar-refractivity contribution in [2.45, 2.75) is 33.2 Å². The molecule has 2 heterocycles. The smallest absolute Gasteiger partial charge is 0.229 e. The van der Waals surface area contributed by atoms with E-state index in [1.807, 2.05) is 27.0 Å². The molecule has 2 aromatic heterocycles. The van der Waals surface area contributed by atoms with E-state index in [-0.39, 0.29) is 11.9 Å². The zero-order chi connectivity index (χ0) is 17.5. The second kappa shape index (κ2) is 6.04. The Hall–Kier alpha value is -2.16. The number of primary amides is 1. The highest BCUT2D eigenvalue weighted by Gasteiger charge is 2.57. The summed E-state index contributed by atoms with van der Waals surface area (Å²) in [6.45, 7) is 6.53. The number of hydrogen-bond acceptors (Lipinski definition) is 6. The minimum Gasteiger partial charge on any atom is -0.369 e. The predicted octanol–water partition coefficient (Wildman–Crippen LogP) is 2.36. The Labute approximate surface area is 148 Å². The van der Waals surface area contributed by atoms with Crippen LogP contribution in [0.1, 0.15) is 32.0 Å². The second-order valence-electron chi connectivity index (χ2n) is 6.16. The molecule has 0 aliphatic heterocycles. The number of aryl methyl sites for hydroxylation is 1. The number of nitrogens with two attached hydrogens (primary N) is 1. The van der Waals surface area contributed by atoms with Gasteiger partial charge in [-0.1, -0.05) is 0 Å². The summed E-state index contributed by atoms with van der Waals surface area (Å²) >= 11 is 3.41. The molecule has 1 fully saturated rings. The van der Waals surface area contributed by atoms with Gasteiger partial charge in [0, 0.05) is 18.9 Å². The highest BCUT2D eigenvalue weighted by Crippen LogP contribution is 2.55. The van der Waals surface area contributed by atoms with Crippen LogP contribution in [0.15, 0.2) is 16.9 Å². The van der Waals surface area contributed by atoms with Crippen molar-refractivity contribution in [1.29, 1.82) is 0 Å². The van der Waals surface area contributed by atoms with Gasteiger partial charge in [0.2, 0.25) is 11.9 Å². The van der Waals surface area contributed by atoms with Crippen LogP contribution in [0.3, 0.4) is 0 Å². The Morgan fingerprint density at radius 2 is 2.33 bits per heavy atom. The number of nitrogens with one attached hydrogen (secondary N) is 2. The maximum atomic E-state index is 11.5. The highest BCUT2D eigenvalue weighted by molar-refractivity contribution is 9.10. The molecule has 0 saturated heterocycles. The average Bonchev–Trinajstić information content (AvgIpc) is 3.10. The van der Waals surface area contributed by atoms with Crippen molar-refractivity contribution in [2.75, 3.05) is 17.2 Å². The molecule has 1 saturated carbocycles. The molecule has 24 heavy (non-hydrogen) atoms. The number of carbonyl (C=O) groups excluding carboxylic acids is 1. The van der Waals surface area contributed by atoms with Crippen molar-refractivity contribution in [3.8, 4) is 0 Å². The molecule has 0 aromatic carbocycles. The normalized spacial score (nSPS) is 22.2. The summed E-state index contributed by atoms with van der Waals surface area (Å²) < 4.78 is 2.60. The van der Waals surface area contributed by atoms with E-state index >= 15 is 0 Å². The molecule has 1 unspecified atom stereocenters. The van der Waals surface area contributed by atoms with Crippen LogP contribution in [0, 0.1) is 12.3 Å². The first kappa shape index (κ1) is 16.7. The zero-order valence-corrected chi connectivity index (χ0v) is 15.4. The van der Waals surface area contributed by atoms with Crippen LogP contribution in [0.2, 0.25) is 0 Å². The van der Waals surface area contributed by atoms with Crippen LogP contribution < -0.4 is 16.4 Å². The van der Waals surface area contributed by atoms with Crippen LogP contribution in [0.25, 0.3) is 0 Å². The topological polar surface area (TPSA) is 111 Å². The maximum absolute atomic E-state index is 11.5. The SMILES string of the molecule is CCNc1nc(Nc2cn(C3C[C@@]3(C)C(N)=O)nc2C)ncc1Br.